The topological polar surface area (TPSA) is 62.4 Å². The number of aryl methyl sites for hydroxylation is 1. The fourth-order valence-electron chi connectivity index (χ4n) is 2.09. The molecule has 0 spiro atoms. The Morgan fingerprint density at radius 1 is 1.22 bits per heavy atom. The molecule has 0 aliphatic carbocycles. The van der Waals surface area contributed by atoms with Crippen LogP contribution in [0.5, 0.6) is 0 Å². The molecule has 0 saturated carbocycles. The normalized spacial score (nSPS) is 12.1. The van der Waals surface area contributed by atoms with Crippen LogP contribution in [0.4, 0.5) is 13.2 Å². The molecule has 126 valence electrons. The van der Waals surface area contributed by atoms with Gasteiger partial charge in [-0.05, 0) is 13.3 Å². The summed E-state index contributed by atoms with van der Waals surface area (Å²) >= 11 is 0. The number of alkyl halides is 3. The quantitative estimate of drug-likeness (QED) is 0.846. The molecule has 1 aromatic heterocycles. The summed E-state index contributed by atoms with van der Waals surface area (Å²) in [6, 6.07) is 7.43. The Hall–Kier alpha value is -1.93. The van der Waals surface area contributed by atoms with Gasteiger partial charge in [0.2, 0.25) is 11.7 Å². The molecule has 0 radical (unpaired) electrons. The van der Waals surface area contributed by atoms with Crippen LogP contribution in [0.1, 0.15) is 17.9 Å². The fraction of sp³-hybridized carbons (Fsp3) is 0.467. The van der Waals surface area contributed by atoms with Crippen LogP contribution in [-0.4, -0.2) is 46.0 Å². The summed E-state index contributed by atoms with van der Waals surface area (Å²) < 4.78 is 42.8. The number of nitrogens with zero attached hydrogens (tertiary/aromatic N) is 3. The van der Waals surface area contributed by atoms with Gasteiger partial charge in [0, 0.05) is 18.7 Å². The van der Waals surface area contributed by atoms with Crippen molar-refractivity contribution in [3.63, 3.8) is 0 Å². The highest BCUT2D eigenvalue weighted by molar-refractivity contribution is 5.54. The molecule has 1 N–H and O–H groups in total. The van der Waals surface area contributed by atoms with Gasteiger partial charge in [-0.3, -0.25) is 4.90 Å². The predicted octanol–water partition coefficient (Wildman–Crippen LogP) is 2.79. The molecule has 5 nitrogen and oxygen atoms in total. The summed E-state index contributed by atoms with van der Waals surface area (Å²) in [6.07, 6.45) is -4.08. The van der Waals surface area contributed by atoms with E-state index in [9.17, 15) is 13.2 Å². The highest BCUT2D eigenvalue weighted by Gasteiger charge is 2.31. The molecular weight excluding hydrogens is 311 g/mol. The summed E-state index contributed by atoms with van der Waals surface area (Å²) in [5.74, 6) is 0.455. The smallest absolute Gasteiger partial charge is 0.396 e. The minimum absolute atomic E-state index is 0.0955. The standard InChI is InChI=1S/C15H18F3N3O2/c1-11-3-5-12(6-4-11)14-19-13(23-20-14)9-21(7-2-8-22)10-15(16,17)18/h3-6,22H,2,7-10H2,1H3. The van der Waals surface area contributed by atoms with Crippen molar-refractivity contribution < 1.29 is 22.8 Å². The molecule has 0 aliphatic rings. The van der Waals surface area contributed by atoms with Gasteiger partial charge in [0.15, 0.2) is 0 Å². The van der Waals surface area contributed by atoms with Crippen molar-refractivity contribution in [3.05, 3.63) is 35.7 Å². The van der Waals surface area contributed by atoms with E-state index in [0.717, 1.165) is 16.0 Å². The lowest BCUT2D eigenvalue weighted by Crippen LogP contribution is -2.35. The van der Waals surface area contributed by atoms with Gasteiger partial charge in [-0.25, -0.2) is 0 Å². The first-order valence-electron chi connectivity index (χ1n) is 7.17. The van der Waals surface area contributed by atoms with Crippen LogP contribution in [0.2, 0.25) is 0 Å². The zero-order valence-corrected chi connectivity index (χ0v) is 12.7. The molecule has 2 aromatic rings. The van der Waals surface area contributed by atoms with E-state index in [4.69, 9.17) is 9.63 Å². The van der Waals surface area contributed by atoms with Crippen LogP contribution in [0.3, 0.4) is 0 Å². The first-order chi connectivity index (χ1) is 10.9. The van der Waals surface area contributed by atoms with Crippen LogP contribution in [0.25, 0.3) is 11.4 Å². The van der Waals surface area contributed by atoms with E-state index >= 15 is 0 Å². The maximum Gasteiger partial charge on any atom is 0.401 e. The predicted molar refractivity (Wildman–Crippen MR) is 77.5 cm³/mol. The second-order valence-electron chi connectivity index (χ2n) is 5.28. The van der Waals surface area contributed by atoms with Crippen molar-refractivity contribution in [2.24, 2.45) is 0 Å². The molecule has 23 heavy (non-hydrogen) atoms. The number of halogens is 3. The maximum absolute atomic E-state index is 12.6. The number of benzene rings is 1. The van der Waals surface area contributed by atoms with Gasteiger partial charge in [0.25, 0.3) is 0 Å². The van der Waals surface area contributed by atoms with Gasteiger partial charge in [-0.1, -0.05) is 35.0 Å². The minimum atomic E-state index is -4.32. The molecule has 1 heterocycles. The number of aromatic nitrogens is 2. The Balaban J connectivity index is 2.06. The van der Waals surface area contributed by atoms with Gasteiger partial charge in [0.05, 0.1) is 13.1 Å². The van der Waals surface area contributed by atoms with E-state index < -0.39 is 12.7 Å². The average Bonchev–Trinajstić information content (AvgIpc) is 2.92. The third kappa shape index (κ3) is 5.65. The van der Waals surface area contributed by atoms with Crippen LogP contribution >= 0.6 is 0 Å². The molecule has 8 heteroatoms. The molecule has 0 amide bonds. The van der Waals surface area contributed by atoms with Crippen molar-refractivity contribution >= 4 is 0 Å². The Labute approximate surface area is 131 Å². The van der Waals surface area contributed by atoms with Crippen molar-refractivity contribution in [3.8, 4) is 11.4 Å². The van der Waals surface area contributed by atoms with E-state index in [1.54, 1.807) is 0 Å². The second-order valence-corrected chi connectivity index (χ2v) is 5.28. The molecule has 1 aromatic carbocycles. The van der Waals surface area contributed by atoms with Crippen LogP contribution in [-0.2, 0) is 6.54 Å². The zero-order valence-electron chi connectivity index (χ0n) is 12.7. The third-order valence-electron chi connectivity index (χ3n) is 3.17. The lowest BCUT2D eigenvalue weighted by atomic mass is 10.1. The minimum Gasteiger partial charge on any atom is -0.396 e. The van der Waals surface area contributed by atoms with E-state index in [2.05, 4.69) is 10.1 Å². The van der Waals surface area contributed by atoms with Gasteiger partial charge in [-0.15, -0.1) is 0 Å². The second kappa shape index (κ2) is 7.56. The number of hydrogen-bond donors (Lipinski definition) is 1. The highest BCUT2D eigenvalue weighted by Crippen LogP contribution is 2.20. The lowest BCUT2D eigenvalue weighted by Gasteiger charge is -2.21. The third-order valence-corrected chi connectivity index (χ3v) is 3.17. The summed E-state index contributed by atoms with van der Waals surface area (Å²) in [5, 5.41) is 12.6. The van der Waals surface area contributed by atoms with Gasteiger partial charge in [-0.2, -0.15) is 18.2 Å². The lowest BCUT2D eigenvalue weighted by molar-refractivity contribution is -0.148. The Morgan fingerprint density at radius 2 is 1.91 bits per heavy atom. The SMILES string of the molecule is Cc1ccc(-c2noc(CN(CCCO)CC(F)(F)F)n2)cc1. The maximum atomic E-state index is 12.6. The molecule has 0 fully saturated rings. The molecule has 0 saturated heterocycles. The van der Waals surface area contributed by atoms with E-state index in [-0.39, 0.29) is 32.0 Å². The molecule has 0 atom stereocenters. The van der Waals surface area contributed by atoms with Gasteiger partial charge < -0.3 is 9.63 Å². The van der Waals surface area contributed by atoms with Crippen molar-refractivity contribution in [2.75, 3.05) is 19.7 Å². The van der Waals surface area contributed by atoms with Gasteiger partial charge >= 0.3 is 6.18 Å². The molecule has 2 rings (SSSR count). The highest BCUT2D eigenvalue weighted by atomic mass is 19.4. The molecule has 0 unspecified atom stereocenters. The van der Waals surface area contributed by atoms with E-state index in [0.29, 0.717) is 5.82 Å². The molecule has 0 bridgehead atoms. The van der Waals surface area contributed by atoms with E-state index in [1.807, 2.05) is 31.2 Å². The zero-order chi connectivity index (χ0) is 16.9. The number of aliphatic hydroxyl groups is 1. The average molecular weight is 329 g/mol. The number of rotatable bonds is 7. The summed E-state index contributed by atoms with van der Waals surface area (Å²) in [6.45, 7) is 0.667. The van der Waals surface area contributed by atoms with Crippen molar-refractivity contribution in [1.82, 2.24) is 15.0 Å². The monoisotopic (exact) mass is 329 g/mol. The van der Waals surface area contributed by atoms with Crippen LogP contribution in [0.15, 0.2) is 28.8 Å². The van der Waals surface area contributed by atoms with E-state index in [1.165, 1.54) is 0 Å². The number of hydrogen-bond acceptors (Lipinski definition) is 5. The molecule has 0 aliphatic heterocycles. The van der Waals surface area contributed by atoms with Crippen LogP contribution < -0.4 is 0 Å². The fourth-order valence-corrected chi connectivity index (χ4v) is 2.09. The summed E-state index contributed by atoms with van der Waals surface area (Å²) in [4.78, 5) is 5.27. The Kier molecular flexibility index (Phi) is 5.73. The number of aliphatic hydroxyl groups excluding tert-OH is 1. The largest absolute Gasteiger partial charge is 0.401 e. The molecular formula is C15H18F3N3O2. The Bertz CT molecular complexity index is 611. The van der Waals surface area contributed by atoms with Crippen LogP contribution in [0, 0.1) is 6.92 Å². The first-order valence-corrected chi connectivity index (χ1v) is 7.17. The van der Waals surface area contributed by atoms with Gasteiger partial charge in [0.1, 0.15) is 0 Å². The summed E-state index contributed by atoms with van der Waals surface area (Å²) in [5.41, 5.74) is 1.82. The first kappa shape index (κ1) is 17.4. The van der Waals surface area contributed by atoms with Crippen molar-refractivity contribution in [1.29, 1.82) is 0 Å². The summed E-state index contributed by atoms with van der Waals surface area (Å²) in [7, 11) is 0. The Morgan fingerprint density at radius 3 is 2.52 bits per heavy atom. The van der Waals surface area contributed by atoms with Crippen molar-refractivity contribution in [2.45, 2.75) is 26.1 Å².